The molecule has 0 rings (SSSR count). The van der Waals surface area contributed by atoms with Gasteiger partial charge in [0.15, 0.2) is 0 Å². The van der Waals surface area contributed by atoms with Crippen LogP contribution in [-0.4, -0.2) is 21.5 Å². The Morgan fingerprint density at radius 2 is 1.12 bits per heavy atom. The summed E-state index contributed by atoms with van der Waals surface area (Å²) in [6.07, 6.45) is 19.5. The largest absolute Gasteiger partial charge is 0.347 e. The predicted molar refractivity (Wildman–Crippen MR) is 109 cm³/mol. The smallest absolute Gasteiger partial charge is 0.342 e. The highest BCUT2D eigenvalue weighted by Gasteiger charge is 2.24. The Bertz CT molecular complexity index is 384. The Morgan fingerprint density at radius 1 is 0.769 bits per heavy atom. The highest BCUT2D eigenvalue weighted by Crippen LogP contribution is 2.39. The van der Waals surface area contributed by atoms with E-state index in [0.717, 1.165) is 19.3 Å². The van der Waals surface area contributed by atoms with E-state index in [9.17, 15) is 9.36 Å². The van der Waals surface area contributed by atoms with Gasteiger partial charge in [-0.3, -0.25) is 9.36 Å². The number of hydrogen-bond acceptors (Lipinski definition) is 2. The first kappa shape index (κ1) is 25.6. The number of unbranched alkanes of at least 4 members (excludes halogenated alkanes) is 14. The van der Waals surface area contributed by atoms with Crippen molar-refractivity contribution in [2.45, 2.75) is 122 Å². The van der Waals surface area contributed by atoms with E-state index in [0.29, 0.717) is 6.42 Å². The Labute approximate surface area is 160 Å². The maximum atomic E-state index is 11.6. The van der Waals surface area contributed by atoms with Crippen LogP contribution in [0.3, 0.4) is 0 Å². The fourth-order valence-corrected chi connectivity index (χ4v) is 3.36. The molecule has 1 amide bonds. The van der Waals surface area contributed by atoms with Crippen molar-refractivity contribution in [3.8, 4) is 0 Å². The lowest BCUT2D eigenvalue weighted by molar-refractivity contribution is -0.121. The average Bonchev–Trinajstić information content (AvgIpc) is 2.57. The summed E-state index contributed by atoms with van der Waals surface area (Å²) in [5.74, 6) is -1.36. The van der Waals surface area contributed by atoms with E-state index >= 15 is 0 Å². The summed E-state index contributed by atoms with van der Waals surface area (Å²) in [6.45, 7) is 3.60. The van der Waals surface area contributed by atoms with E-state index < -0.39 is 13.4 Å². The lowest BCUT2D eigenvalue weighted by atomic mass is 10.0. The van der Waals surface area contributed by atoms with E-state index in [-0.39, 0.29) is 5.91 Å². The molecule has 1 unspecified atom stereocenters. The minimum Gasteiger partial charge on any atom is -0.342 e. The lowest BCUT2D eigenvalue weighted by Gasteiger charge is -2.14. The SMILES string of the molecule is CCCCCCCCCCCCCCCCCC(=O)NC(C)P(=O)(O)O. The molecule has 0 saturated carbocycles. The highest BCUT2D eigenvalue weighted by atomic mass is 31.2. The molecule has 0 aromatic carbocycles. The molecule has 6 heteroatoms. The second-order valence-electron chi connectivity index (χ2n) is 7.53. The van der Waals surface area contributed by atoms with Crippen molar-refractivity contribution < 1.29 is 19.1 Å². The summed E-state index contributed by atoms with van der Waals surface area (Å²) in [7, 11) is -4.22. The third-order valence-electron chi connectivity index (χ3n) is 4.88. The molecule has 0 fully saturated rings. The number of nitrogens with one attached hydrogen (secondary N) is 1. The van der Waals surface area contributed by atoms with E-state index in [1.807, 2.05) is 0 Å². The van der Waals surface area contributed by atoms with Gasteiger partial charge in [0.2, 0.25) is 5.91 Å². The number of carbonyl (C=O) groups excluding carboxylic acids is 1. The Morgan fingerprint density at radius 3 is 1.46 bits per heavy atom. The molecule has 5 nitrogen and oxygen atoms in total. The van der Waals surface area contributed by atoms with E-state index in [2.05, 4.69) is 12.2 Å². The zero-order valence-electron chi connectivity index (χ0n) is 17.0. The summed E-state index contributed by atoms with van der Waals surface area (Å²) in [5.41, 5.74) is 0. The normalized spacial score (nSPS) is 12.9. The van der Waals surface area contributed by atoms with Crippen molar-refractivity contribution >= 4 is 13.5 Å². The second kappa shape index (κ2) is 16.8. The van der Waals surface area contributed by atoms with Gasteiger partial charge in [-0.1, -0.05) is 96.8 Å². The van der Waals surface area contributed by atoms with Crippen LogP contribution in [0.25, 0.3) is 0 Å². The highest BCUT2D eigenvalue weighted by molar-refractivity contribution is 7.52. The van der Waals surface area contributed by atoms with Crippen LogP contribution in [0.5, 0.6) is 0 Å². The van der Waals surface area contributed by atoms with Crippen LogP contribution in [0.1, 0.15) is 117 Å². The summed E-state index contributed by atoms with van der Waals surface area (Å²) in [4.78, 5) is 29.5. The monoisotopic (exact) mass is 391 g/mol. The summed E-state index contributed by atoms with van der Waals surface area (Å²) < 4.78 is 11.0. The van der Waals surface area contributed by atoms with Crippen molar-refractivity contribution in [2.75, 3.05) is 0 Å². The zero-order chi connectivity index (χ0) is 19.7. The fraction of sp³-hybridized carbons (Fsp3) is 0.950. The van der Waals surface area contributed by atoms with Gasteiger partial charge in [0.05, 0.1) is 0 Å². The van der Waals surface area contributed by atoms with Gasteiger partial charge in [-0.15, -0.1) is 0 Å². The molecule has 1 atom stereocenters. The van der Waals surface area contributed by atoms with Crippen molar-refractivity contribution in [2.24, 2.45) is 0 Å². The number of carbonyl (C=O) groups is 1. The van der Waals surface area contributed by atoms with Crippen LogP contribution in [0, 0.1) is 0 Å². The molecule has 0 spiro atoms. The Kier molecular flexibility index (Phi) is 16.5. The van der Waals surface area contributed by atoms with Gasteiger partial charge in [-0.05, 0) is 13.3 Å². The fourth-order valence-electron chi connectivity index (χ4n) is 3.05. The van der Waals surface area contributed by atoms with Crippen LogP contribution in [0.2, 0.25) is 0 Å². The van der Waals surface area contributed by atoms with E-state index in [4.69, 9.17) is 9.79 Å². The number of rotatable bonds is 18. The molecule has 0 aliphatic rings. The molecule has 156 valence electrons. The molecule has 3 N–H and O–H groups in total. The van der Waals surface area contributed by atoms with Gasteiger partial charge in [0.25, 0.3) is 0 Å². The lowest BCUT2D eigenvalue weighted by Crippen LogP contribution is -2.32. The summed E-state index contributed by atoms with van der Waals surface area (Å²) in [6, 6.07) is 0. The van der Waals surface area contributed by atoms with Crippen LogP contribution in [0.4, 0.5) is 0 Å². The first-order chi connectivity index (χ1) is 12.4. The molecule has 0 aliphatic carbocycles. The van der Waals surface area contributed by atoms with Crippen molar-refractivity contribution in [1.82, 2.24) is 5.32 Å². The van der Waals surface area contributed by atoms with Gasteiger partial charge in [-0.2, -0.15) is 0 Å². The molecule has 0 aliphatic heterocycles. The van der Waals surface area contributed by atoms with Crippen molar-refractivity contribution in [1.29, 1.82) is 0 Å². The second-order valence-corrected chi connectivity index (χ2v) is 9.49. The molecule has 0 aromatic rings. The summed E-state index contributed by atoms with van der Waals surface area (Å²) >= 11 is 0. The van der Waals surface area contributed by atoms with E-state index in [1.54, 1.807) is 0 Å². The van der Waals surface area contributed by atoms with Gasteiger partial charge < -0.3 is 15.1 Å². The van der Waals surface area contributed by atoms with Gasteiger partial charge in [0.1, 0.15) is 5.78 Å². The predicted octanol–water partition coefficient (Wildman–Crippen LogP) is 5.89. The number of amides is 1. The third-order valence-corrected chi connectivity index (χ3v) is 6.02. The van der Waals surface area contributed by atoms with Gasteiger partial charge >= 0.3 is 7.60 Å². The van der Waals surface area contributed by atoms with Gasteiger partial charge in [-0.25, -0.2) is 0 Å². The molecule has 0 bridgehead atoms. The van der Waals surface area contributed by atoms with E-state index in [1.165, 1.54) is 84.0 Å². The van der Waals surface area contributed by atoms with Crippen LogP contribution in [0.15, 0.2) is 0 Å². The van der Waals surface area contributed by atoms with Crippen LogP contribution < -0.4 is 5.32 Å². The standard InChI is InChI=1S/C20H42NO4P/c1-3-4-5-6-7-8-9-10-11-12-13-14-15-16-17-18-20(22)21-19(2)26(23,24)25/h19H,3-18H2,1-2H3,(H,21,22)(H2,23,24,25). The quantitative estimate of drug-likeness (QED) is 0.201. The first-order valence-corrected chi connectivity index (χ1v) is 12.4. The van der Waals surface area contributed by atoms with Crippen molar-refractivity contribution in [3.63, 3.8) is 0 Å². The van der Waals surface area contributed by atoms with Crippen LogP contribution >= 0.6 is 7.60 Å². The third kappa shape index (κ3) is 17.1. The van der Waals surface area contributed by atoms with Crippen LogP contribution in [-0.2, 0) is 9.36 Å². The Hall–Kier alpha value is -0.380. The molecular formula is C20H42NO4P. The minimum absolute atomic E-state index is 0.268. The molecule has 0 heterocycles. The Balaban J connectivity index is 3.27. The summed E-state index contributed by atoms with van der Waals surface area (Å²) in [5, 5.41) is 2.37. The topological polar surface area (TPSA) is 86.6 Å². The molecule has 0 aromatic heterocycles. The average molecular weight is 392 g/mol. The maximum absolute atomic E-state index is 11.6. The van der Waals surface area contributed by atoms with Crippen molar-refractivity contribution in [3.05, 3.63) is 0 Å². The minimum atomic E-state index is -4.22. The zero-order valence-corrected chi connectivity index (χ0v) is 17.9. The maximum Gasteiger partial charge on any atom is 0.347 e. The molecular weight excluding hydrogens is 349 g/mol. The molecule has 0 radical (unpaired) electrons. The number of hydrogen-bond donors (Lipinski definition) is 3. The first-order valence-electron chi connectivity index (χ1n) is 10.7. The van der Waals surface area contributed by atoms with Gasteiger partial charge in [0, 0.05) is 6.42 Å². The molecule has 26 heavy (non-hydrogen) atoms. The molecule has 0 saturated heterocycles.